The maximum Gasteiger partial charge on any atom is 0.161 e. The lowest BCUT2D eigenvalue weighted by Crippen LogP contribution is -1.95. The minimum absolute atomic E-state index is 0.0826. The van der Waals surface area contributed by atoms with E-state index in [4.69, 9.17) is 0 Å². The molecular formula is C20H11F3N2. The summed E-state index contributed by atoms with van der Waals surface area (Å²) < 4.78 is 41.0. The molecule has 0 fully saturated rings. The normalized spacial score (nSPS) is 11.0. The number of aromatic nitrogens is 2. The number of nitrogens with zero attached hydrogens (tertiary/aromatic N) is 2. The summed E-state index contributed by atoms with van der Waals surface area (Å²) in [6, 6.07) is 14.2. The monoisotopic (exact) mass is 336 g/mol. The lowest BCUT2D eigenvalue weighted by molar-refractivity contribution is 0.496. The van der Waals surface area contributed by atoms with Crippen LogP contribution in [0.15, 0.2) is 67.0 Å². The summed E-state index contributed by atoms with van der Waals surface area (Å²) in [4.78, 5) is 8.46. The molecule has 0 radical (unpaired) electrons. The van der Waals surface area contributed by atoms with Gasteiger partial charge in [0.2, 0.25) is 0 Å². The summed E-state index contributed by atoms with van der Waals surface area (Å²) >= 11 is 0. The van der Waals surface area contributed by atoms with Crippen molar-refractivity contribution in [2.45, 2.75) is 0 Å². The Labute approximate surface area is 141 Å². The first-order chi connectivity index (χ1) is 12.1. The first kappa shape index (κ1) is 15.3. The zero-order valence-electron chi connectivity index (χ0n) is 12.9. The molecule has 0 aliphatic carbocycles. The number of pyridine rings is 2. The van der Waals surface area contributed by atoms with Gasteiger partial charge in [-0.1, -0.05) is 18.2 Å². The molecule has 0 unspecified atom stereocenters. The first-order valence-corrected chi connectivity index (χ1v) is 7.58. The second-order valence-corrected chi connectivity index (χ2v) is 5.56. The van der Waals surface area contributed by atoms with Gasteiger partial charge in [0.15, 0.2) is 11.6 Å². The molecule has 25 heavy (non-hydrogen) atoms. The molecule has 5 heteroatoms. The van der Waals surface area contributed by atoms with E-state index in [2.05, 4.69) is 9.97 Å². The van der Waals surface area contributed by atoms with E-state index in [0.29, 0.717) is 11.6 Å². The molecule has 0 N–H and O–H groups in total. The van der Waals surface area contributed by atoms with E-state index in [0.717, 1.165) is 22.5 Å². The lowest BCUT2D eigenvalue weighted by atomic mass is 9.97. The first-order valence-electron chi connectivity index (χ1n) is 7.58. The van der Waals surface area contributed by atoms with Crippen molar-refractivity contribution in [1.29, 1.82) is 0 Å². The van der Waals surface area contributed by atoms with Gasteiger partial charge in [-0.25, -0.2) is 13.2 Å². The van der Waals surface area contributed by atoms with Crippen LogP contribution in [0.2, 0.25) is 0 Å². The second kappa shape index (κ2) is 6.02. The molecule has 4 rings (SSSR count). The average Bonchev–Trinajstić information content (AvgIpc) is 2.64. The van der Waals surface area contributed by atoms with Crippen molar-refractivity contribution >= 4 is 10.9 Å². The van der Waals surface area contributed by atoms with Crippen LogP contribution in [0.3, 0.4) is 0 Å². The minimum Gasteiger partial charge on any atom is -0.256 e. The van der Waals surface area contributed by atoms with E-state index >= 15 is 0 Å². The van der Waals surface area contributed by atoms with Crippen LogP contribution in [0, 0.1) is 17.5 Å². The lowest BCUT2D eigenvalue weighted by Gasteiger charge is -2.11. The fraction of sp³-hybridized carbons (Fsp3) is 0. The summed E-state index contributed by atoms with van der Waals surface area (Å²) in [7, 11) is 0. The van der Waals surface area contributed by atoms with Gasteiger partial charge in [-0.3, -0.25) is 9.97 Å². The summed E-state index contributed by atoms with van der Waals surface area (Å²) in [5, 5.41) is 0.917. The molecule has 0 aliphatic rings. The van der Waals surface area contributed by atoms with Crippen molar-refractivity contribution in [3.05, 3.63) is 84.4 Å². The Morgan fingerprint density at radius 2 is 1.40 bits per heavy atom. The predicted molar refractivity (Wildman–Crippen MR) is 90.3 cm³/mol. The quantitative estimate of drug-likeness (QED) is 0.459. The molecule has 2 nitrogen and oxygen atoms in total. The van der Waals surface area contributed by atoms with E-state index in [1.165, 1.54) is 6.20 Å². The van der Waals surface area contributed by atoms with Crippen molar-refractivity contribution in [2.24, 2.45) is 0 Å². The molecule has 0 bridgehead atoms. The number of hydrogen-bond acceptors (Lipinski definition) is 2. The summed E-state index contributed by atoms with van der Waals surface area (Å²) in [5.41, 5.74) is 2.41. The van der Waals surface area contributed by atoms with Gasteiger partial charge >= 0.3 is 0 Å². The van der Waals surface area contributed by atoms with Gasteiger partial charge in [-0.15, -0.1) is 0 Å². The fourth-order valence-corrected chi connectivity index (χ4v) is 2.80. The SMILES string of the molecule is Fc1cc(F)c(-c2ncccc2-c2ccc3ncccc3c2)cc1F. The molecule has 122 valence electrons. The summed E-state index contributed by atoms with van der Waals surface area (Å²) in [5.74, 6) is -3.20. The van der Waals surface area contributed by atoms with Crippen molar-refractivity contribution in [3.8, 4) is 22.4 Å². The van der Waals surface area contributed by atoms with E-state index in [1.54, 1.807) is 18.3 Å². The molecule has 2 aromatic carbocycles. The summed E-state index contributed by atoms with van der Waals surface area (Å²) in [6.45, 7) is 0. The van der Waals surface area contributed by atoms with Crippen LogP contribution in [0.1, 0.15) is 0 Å². The van der Waals surface area contributed by atoms with E-state index in [9.17, 15) is 13.2 Å². The van der Waals surface area contributed by atoms with Crippen LogP contribution in [-0.4, -0.2) is 9.97 Å². The third-order valence-electron chi connectivity index (χ3n) is 3.99. The Morgan fingerprint density at radius 1 is 0.640 bits per heavy atom. The van der Waals surface area contributed by atoms with Gasteiger partial charge in [0, 0.05) is 35.0 Å². The Kier molecular flexibility index (Phi) is 3.69. The third-order valence-corrected chi connectivity index (χ3v) is 3.99. The van der Waals surface area contributed by atoms with Crippen molar-refractivity contribution < 1.29 is 13.2 Å². The number of halogens is 3. The largest absolute Gasteiger partial charge is 0.256 e. The molecular weight excluding hydrogens is 325 g/mol. The molecule has 2 aromatic heterocycles. The van der Waals surface area contributed by atoms with Gasteiger partial charge in [-0.2, -0.15) is 0 Å². The van der Waals surface area contributed by atoms with Crippen LogP contribution >= 0.6 is 0 Å². The molecule has 4 aromatic rings. The predicted octanol–water partition coefficient (Wildman–Crippen LogP) is 5.38. The van der Waals surface area contributed by atoms with Crippen LogP contribution in [0.5, 0.6) is 0 Å². The zero-order chi connectivity index (χ0) is 17.4. The van der Waals surface area contributed by atoms with Crippen molar-refractivity contribution in [2.75, 3.05) is 0 Å². The maximum absolute atomic E-state index is 14.2. The Hall–Kier alpha value is -3.21. The summed E-state index contributed by atoms with van der Waals surface area (Å²) in [6.07, 6.45) is 3.19. The number of fused-ring (bicyclic) bond motifs is 1. The van der Waals surface area contributed by atoms with Gasteiger partial charge in [0.25, 0.3) is 0 Å². The molecule has 0 aliphatic heterocycles. The number of rotatable bonds is 2. The van der Waals surface area contributed by atoms with Crippen LogP contribution < -0.4 is 0 Å². The smallest absolute Gasteiger partial charge is 0.161 e. The fourth-order valence-electron chi connectivity index (χ4n) is 2.80. The highest BCUT2D eigenvalue weighted by atomic mass is 19.2. The highest BCUT2D eigenvalue weighted by Crippen LogP contribution is 2.33. The van der Waals surface area contributed by atoms with Gasteiger partial charge in [-0.05, 0) is 35.9 Å². The van der Waals surface area contributed by atoms with Crippen LogP contribution in [0.25, 0.3) is 33.3 Å². The highest BCUT2D eigenvalue weighted by molar-refractivity contribution is 5.88. The van der Waals surface area contributed by atoms with Gasteiger partial charge in [0.05, 0.1) is 11.2 Å². The van der Waals surface area contributed by atoms with E-state index < -0.39 is 17.5 Å². The minimum atomic E-state index is -1.23. The number of hydrogen-bond donors (Lipinski definition) is 0. The average molecular weight is 336 g/mol. The maximum atomic E-state index is 14.2. The Bertz CT molecular complexity index is 1090. The highest BCUT2D eigenvalue weighted by Gasteiger charge is 2.16. The van der Waals surface area contributed by atoms with Crippen molar-refractivity contribution in [1.82, 2.24) is 9.97 Å². The van der Waals surface area contributed by atoms with Crippen LogP contribution in [0.4, 0.5) is 13.2 Å². The Balaban J connectivity index is 1.93. The topological polar surface area (TPSA) is 25.8 Å². The third kappa shape index (κ3) is 2.74. The van der Waals surface area contributed by atoms with E-state index in [1.807, 2.05) is 30.3 Å². The van der Waals surface area contributed by atoms with E-state index in [-0.39, 0.29) is 11.3 Å². The zero-order valence-corrected chi connectivity index (χ0v) is 12.9. The van der Waals surface area contributed by atoms with Crippen LogP contribution in [-0.2, 0) is 0 Å². The van der Waals surface area contributed by atoms with Gasteiger partial charge < -0.3 is 0 Å². The number of benzene rings is 2. The standard InChI is InChI=1S/C20H11F3N2/c21-16-11-18(23)17(22)10-15(16)20-14(4-2-8-25-20)12-5-6-19-13(9-12)3-1-7-24-19/h1-11H. The molecule has 0 amide bonds. The molecule has 2 heterocycles. The molecule has 0 saturated carbocycles. The van der Waals surface area contributed by atoms with Crippen molar-refractivity contribution in [3.63, 3.8) is 0 Å². The molecule has 0 spiro atoms. The molecule has 0 atom stereocenters. The van der Waals surface area contributed by atoms with Gasteiger partial charge in [0.1, 0.15) is 5.82 Å². The molecule has 0 saturated heterocycles. The second-order valence-electron chi connectivity index (χ2n) is 5.56. The Morgan fingerprint density at radius 3 is 2.28 bits per heavy atom.